The van der Waals surface area contributed by atoms with Crippen LogP contribution in [0.4, 0.5) is 4.39 Å². The lowest BCUT2D eigenvalue weighted by Gasteiger charge is -2.09. The number of nitrogens with zero attached hydrogens (tertiary/aromatic N) is 1. The molecule has 0 aliphatic rings. The average Bonchev–Trinajstić information content (AvgIpc) is 2.17. The molecule has 4 nitrogen and oxygen atoms in total. The topological polar surface area (TPSA) is 76.2 Å². The Labute approximate surface area is 86.2 Å². The fraction of sp³-hybridized carbons (Fsp3) is 0.200. The second-order valence-electron chi connectivity index (χ2n) is 3.04. The fourth-order valence-corrected chi connectivity index (χ4v) is 1.13. The van der Waals surface area contributed by atoms with E-state index in [9.17, 15) is 9.18 Å². The maximum absolute atomic E-state index is 13.2. The van der Waals surface area contributed by atoms with Crippen molar-refractivity contribution in [2.24, 2.45) is 5.73 Å². The summed E-state index contributed by atoms with van der Waals surface area (Å²) in [7, 11) is 0. The number of nitrogens with two attached hydrogens (primary N) is 1. The van der Waals surface area contributed by atoms with Gasteiger partial charge in [0.1, 0.15) is 0 Å². The van der Waals surface area contributed by atoms with E-state index in [1.807, 2.05) is 0 Å². The van der Waals surface area contributed by atoms with Gasteiger partial charge in [0.05, 0.1) is 0 Å². The lowest BCUT2D eigenvalue weighted by atomic mass is 10.1. The normalized spacial score (nSPS) is 12.1. The molecule has 0 saturated heterocycles. The predicted octanol–water partition coefficient (Wildman–Crippen LogP) is 1.49. The Morgan fingerprint density at radius 3 is 2.93 bits per heavy atom. The summed E-state index contributed by atoms with van der Waals surface area (Å²) in [6, 6.07) is 0.678. The van der Waals surface area contributed by atoms with Crippen LogP contribution in [0.5, 0.6) is 0 Å². The van der Waals surface area contributed by atoms with Crippen LogP contribution in [-0.2, 0) is 0 Å². The molecule has 0 amide bonds. The van der Waals surface area contributed by atoms with Crippen molar-refractivity contribution in [2.75, 3.05) is 0 Å². The van der Waals surface area contributed by atoms with Crippen molar-refractivity contribution in [2.45, 2.75) is 12.5 Å². The Balaban J connectivity index is 3.00. The largest absolute Gasteiger partial charge is 0.476 e. The van der Waals surface area contributed by atoms with Crippen LogP contribution in [-0.4, -0.2) is 16.1 Å². The van der Waals surface area contributed by atoms with E-state index in [0.717, 1.165) is 6.07 Å². The van der Waals surface area contributed by atoms with Crippen LogP contribution >= 0.6 is 0 Å². The van der Waals surface area contributed by atoms with Gasteiger partial charge < -0.3 is 10.8 Å². The van der Waals surface area contributed by atoms with Gasteiger partial charge in [0.15, 0.2) is 11.5 Å². The SMILES string of the molecule is C=CCC(N)c1cnc(C(=O)O)c(F)c1. The summed E-state index contributed by atoms with van der Waals surface area (Å²) >= 11 is 0. The molecule has 1 rings (SSSR count). The summed E-state index contributed by atoms with van der Waals surface area (Å²) in [5, 5.41) is 8.55. The summed E-state index contributed by atoms with van der Waals surface area (Å²) < 4.78 is 13.2. The predicted molar refractivity (Wildman–Crippen MR) is 52.9 cm³/mol. The van der Waals surface area contributed by atoms with E-state index < -0.39 is 23.5 Å². The number of hydrogen-bond donors (Lipinski definition) is 2. The lowest BCUT2D eigenvalue weighted by molar-refractivity contribution is 0.0685. The Bertz CT molecular complexity index is 393. The van der Waals surface area contributed by atoms with Crippen LogP contribution in [0, 0.1) is 5.82 Å². The van der Waals surface area contributed by atoms with E-state index in [2.05, 4.69) is 11.6 Å². The summed E-state index contributed by atoms with van der Waals surface area (Å²) in [5.41, 5.74) is 5.54. The number of hydrogen-bond acceptors (Lipinski definition) is 3. The number of carboxylic acids is 1. The molecule has 1 aromatic heterocycles. The molecular weight excluding hydrogens is 199 g/mol. The average molecular weight is 210 g/mol. The zero-order chi connectivity index (χ0) is 11.4. The maximum Gasteiger partial charge on any atom is 0.357 e. The Morgan fingerprint density at radius 1 is 1.80 bits per heavy atom. The van der Waals surface area contributed by atoms with Gasteiger partial charge in [0.2, 0.25) is 0 Å². The molecule has 0 fully saturated rings. The third-order valence-corrected chi connectivity index (χ3v) is 1.91. The first-order chi connectivity index (χ1) is 7.06. The van der Waals surface area contributed by atoms with Gasteiger partial charge >= 0.3 is 5.97 Å². The lowest BCUT2D eigenvalue weighted by Crippen LogP contribution is -2.12. The van der Waals surface area contributed by atoms with Gasteiger partial charge in [-0.25, -0.2) is 14.2 Å². The van der Waals surface area contributed by atoms with Gasteiger partial charge in [-0.3, -0.25) is 0 Å². The van der Waals surface area contributed by atoms with Crippen molar-refractivity contribution in [3.63, 3.8) is 0 Å². The highest BCUT2D eigenvalue weighted by Gasteiger charge is 2.14. The zero-order valence-corrected chi connectivity index (χ0v) is 7.98. The van der Waals surface area contributed by atoms with E-state index >= 15 is 0 Å². The molecule has 5 heteroatoms. The molecular formula is C10H11FN2O2. The monoisotopic (exact) mass is 210 g/mol. The molecule has 3 N–H and O–H groups in total. The quantitative estimate of drug-likeness (QED) is 0.738. The molecule has 0 radical (unpaired) electrons. The molecule has 0 saturated carbocycles. The van der Waals surface area contributed by atoms with E-state index in [4.69, 9.17) is 10.8 Å². The van der Waals surface area contributed by atoms with Gasteiger partial charge in [0, 0.05) is 12.2 Å². The van der Waals surface area contributed by atoms with Crippen molar-refractivity contribution in [1.82, 2.24) is 4.98 Å². The van der Waals surface area contributed by atoms with Gasteiger partial charge in [-0.2, -0.15) is 0 Å². The van der Waals surface area contributed by atoms with E-state index in [1.165, 1.54) is 6.20 Å². The van der Waals surface area contributed by atoms with Gasteiger partial charge in [-0.05, 0) is 18.1 Å². The molecule has 1 aromatic rings. The summed E-state index contributed by atoms with van der Waals surface area (Å²) in [5.74, 6) is -2.27. The Hall–Kier alpha value is -1.75. The highest BCUT2D eigenvalue weighted by atomic mass is 19.1. The first-order valence-electron chi connectivity index (χ1n) is 4.31. The van der Waals surface area contributed by atoms with Crippen LogP contribution in [0.1, 0.15) is 28.5 Å². The number of pyridine rings is 1. The van der Waals surface area contributed by atoms with Crippen LogP contribution in [0.3, 0.4) is 0 Å². The minimum absolute atomic E-state index is 0.410. The highest BCUT2D eigenvalue weighted by molar-refractivity contribution is 5.85. The van der Waals surface area contributed by atoms with Crippen LogP contribution in [0.2, 0.25) is 0 Å². The molecule has 0 spiro atoms. The van der Waals surface area contributed by atoms with E-state index in [1.54, 1.807) is 6.08 Å². The number of halogens is 1. The third-order valence-electron chi connectivity index (χ3n) is 1.91. The third kappa shape index (κ3) is 2.60. The van der Waals surface area contributed by atoms with Crippen molar-refractivity contribution in [3.8, 4) is 0 Å². The van der Waals surface area contributed by atoms with E-state index in [0.29, 0.717) is 12.0 Å². The van der Waals surface area contributed by atoms with Crippen molar-refractivity contribution in [3.05, 3.63) is 42.0 Å². The Kier molecular flexibility index (Phi) is 3.51. The number of aromatic nitrogens is 1. The molecule has 0 bridgehead atoms. The fourth-order valence-electron chi connectivity index (χ4n) is 1.13. The van der Waals surface area contributed by atoms with Gasteiger partial charge in [0.25, 0.3) is 0 Å². The molecule has 0 aliphatic heterocycles. The number of carboxylic acid groups (broad SMARTS) is 1. The number of rotatable bonds is 4. The molecule has 1 heterocycles. The van der Waals surface area contributed by atoms with Crippen LogP contribution in [0.25, 0.3) is 0 Å². The molecule has 0 aromatic carbocycles. The van der Waals surface area contributed by atoms with Crippen molar-refractivity contribution >= 4 is 5.97 Å². The zero-order valence-electron chi connectivity index (χ0n) is 7.98. The highest BCUT2D eigenvalue weighted by Crippen LogP contribution is 2.15. The number of aromatic carboxylic acids is 1. The summed E-state index contributed by atoms with van der Waals surface area (Å²) in [6.45, 7) is 3.51. The molecule has 80 valence electrons. The standard InChI is InChI=1S/C10H11FN2O2/c1-2-3-8(12)6-4-7(11)9(10(14)15)13-5-6/h2,4-5,8H,1,3,12H2,(H,14,15). The van der Waals surface area contributed by atoms with Gasteiger partial charge in [-0.1, -0.05) is 6.08 Å². The second-order valence-corrected chi connectivity index (χ2v) is 3.04. The maximum atomic E-state index is 13.2. The van der Waals surface area contributed by atoms with Crippen LogP contribution in [0.15, 0.2) is 24.9 Å². The minimum Gasteiger partial charge on any atom is -0.476 e. The molecule has 15 heavy (non-hydrogen) atoms. The van der Waals surface area contributed by atoms with Crippen LogP contribution < -0.4 is 5.73 Å². The van der Waals surface area contributed by atoms with Crippen molar-refractivity contribution < 1.29 is 14.3 Å². The summed E-state index contributed by atoms with van der Waals surface area (Å²) in [6.07, 6.45) is 3.35. The Morgan fingerprint density at radius 2 is 2.47 bits per heavy atom. The number of carbonyl (C=O) groups is 1. The molecule has 0 aliphatic carbocycles. The second kappa shape index (κ2) is 4.65. The molecule has 1 atom stereocenters. The first-order valence-corrected chi connectivity index (χ1v) is 4.31. The summed E-state index contributed by atoms with van der Waals surface area (Å²) in [4.78, 5) is 14.0. The minimum atomic E-state index is -1.39. The first kappa shape index (κ1) is 11.3. The van der Waals surface area contributed by atoms with Crippen molar-refractivity contribution in [1.29, 1.82) is 0 Å². The van der Waals surface area contributed by atoms with Gasteiger partial charge in [-0.15, -0.1) is 6.58 Å². The van der Waals surface area contributed by atoms with E-state index in [-0.39, 0.29) is 0 Å². The molecule has 1 unspecified atom stereocenters. The smallest absolute Gasteiger partial charge is 0.357 e.